The van der Waals surface area contributed by atoms with Crippen molar-refractivity contribution in [2.45, 2.75) is 58.8 Å². The van der Waals surface area contributed by atoms with E-state index in [0.29, 0.717) is 18.6 Å². The van der Waals surface area contributed by atoms with Crippen LogP contribution in [0.1, 0.15) is 50.5 Å². The molecule has 0 fully saturated rings. The SMILES string of the molecule is CC(C)N(CC(O)c1ccc2c(c1)CNCC2)C(C)C. The summed E-state index contributed by atoms with van der Waals surface area (Å²) >= 11 is 0. The minimum absolute atomic E-state index is 0.410. The molecule has 0 spiro atoms. The fourth-order valence-electron chi connectivity index (χ4n) is 3.03. The number of rotatable bonds is 5. The van der Waals surface area contributed by atoms with Crippen LogP contribution in [-0.2, 0) is 13.0 Å². The molecule has 0 aliphatic carbocycles. The van der Waals surface area contributed by atoms with E-state index in [1.165, 1.54) is 11.1 Å². The van der Waals surface area contributed by atoms with Gasteiger partial charge in [0.25, 0.3) is 0 Å². The normalized spacial score (nSPS) is 16.8. The molecule has 1 unspecified atom stereocenters. The molecule has 0 aromatic heterocycles. The van der Waals surface area contributed by atoms with Crippen LogP contribution in [-0.4, -0.2) is 35.2 Å². The van der Waals surface area contributed by atoms with Crippen LogP contribution >= 0.6 is 0 Å². The third-order valence-electron chi connectivity index (χ3n) is 4.21. The van der Waals surface area contributed by atoms with Gasteiger partial charge in [0.1, 0.15) is 0 Å². The molecule has 0 radical (unpaired) electrons. The Morgan fingerprint density at radius 3 is 2.50 bits per heavy atom. The summed E-state index contributed by atoms with van der Waals surface area (Å²) in [5, 5.41) is 13.9. The van der Waals surface area contributed by atoms with Crippen LogP contribution < -0.4 is 5.32 Å². The maximum atomic E-state index is 10.5. The fourth-order valence-corrected chi connectivity index (χ4v) is 3.03. The second-order valence-electron chi connectivity index (χ2n) is 6.36. The van der Waals surface area contributed by atoms with Gasteiger partial charge in [-0.2, -0.15) is 0 Å². The van der Waals surface area contributed by atoms with Crippen molar-refractivity contribution in [3.63, 3.8) is 0 Å². The van der Waals surface area contributed by atoms with E-state index in [1.807, 2.05) is 0 Å². The van der Waals surface area contributed by atoms with Crippen LogP contribution in [0.2, 0.25) is 0 Å². The average Bonchev–Trinajstić information content (AvgIpc) is 2.43. The second-order valence-corrected chi connectivity index (χ2v) is 6.36. The predicted molar refractivity (Wildman–Crippen MR) is 83.8 cm³/mol. The van der Waals surface area contributed by atoms with E-state index in [2.05, 4.69) is 56.1 Å². The highest BCUT2D eigenvalue weighted by Gasteiger charge is 2.19. The number of hydrogen-bond donors (Lipinski definition) is 2. The van der Waals surface area contributed by atoms with Gasteiger partial charge in [0.2, 0.25) is 0 Å². The Kier molecular flexibility index (Phi) is 5.19. The summed E-state index contributed by atoms with van der Waals surface area (Å²) in [6.07, 6.45) is 0.683. The molecule has 0 saturated heterocycles. The number of nitrogens with zero attached hydrogens (tertiary/aromatic N) is 1. The van der Waals surface area contributed by atoms with Gasteiger partial charge in [0, 0.05) is 25.2 Å². The van der Waals surface area contributed by atoms with Crippen LogP contribution in [0.25, 0.3) is 0 Å². The fraction of sp³-hybridized carbons (Fsp3) is 0.647. The molecule has 2 rings (SSSR count). The maximum Gasteiger partial charge on any atom is 0.0917 e. The summed E-state index contributed by atoms with van der Waals surface area (Å²) in [4.78, 5) is 2.34. The summed E-state index contributed by atoms with van der Waals surface area (Å²) < 4.78 is 0. The van der Waals surface area contributed by atoms with Crippen molar-refractivity contribution in [2.24, 2.45) is 0 Å². The Morgan fingerprint density at radius 1 is 1.15 bits per heavy atom. The third kappa shape index (κ3) is 3.60. The van der Waals surface area contributed by atoms with Crippen molar-refractivity contribution >= 4 is 0 Å². The van der Waals surface area contributed by atoms with Gasteiger partial charge in [-0.25, -0.2) is 0 Å². The summed E-state index contributed by atoms with van der Waals surface area (Å²) in [5.74, 6) is 0. The molecular weight excluding hydrogens is 248 g/mol. The molecule has 112 valence electrons. The van der Waals surface area contributed by atoms with Crippen LogP contribution in [0.15, 0.2) is 18.2 Å². The summed E-state index contributed by atoms with van der Waals surface area (Å²) in [5.41, 5.74) is 3.80. The first-order valence-electron chi connectivity index (χ1n) is 7.75. The summed E-state index contributed by atoms with van der Waals surface area (Å²) in [6.45, 7) is 11.4. The van der Waals surface area contributed by atoms with Crippen molar-refractivity contribution < 1.29 is 5.11 Å². The van der Waals surface area contributed by atoms with E-state index in [9.17, 15) is 5.11 Å². The Hall–Kier alpha value is -0.900. The van der Waals surface area contributed by atoms with Crippen LogP contribution in [0.3, 0.4) is 0 Å². The highest BCUT2D eigenvalue weighted by molar-refractivity contribution is 5.34. The third-order valence-corrected chi connectivity index (χ3v) is 4.21. The Bertz CT molecular complexity index is 435. The van der Waals surface area contributed by atoms with Gasteiger partial charge in [-0.15, -0.1) is 0 Å². The lowest BCUT2D eigenvalue weighted by molar-refractivity contribution is 0.0755. The Morgan fingerprint density at radius 2 is 1.85 bits per heavy atom. The zero-order valence-electron chi connectivity index (χ0n) is 13.2. The molecule has 3 nitrogen and oxygen atoms in total. The minimum atomic E-state index is -0.410. The van der Waals surface area contributed by atoms with Crippen molar-refractivity contribution in [3.05, 3.63) is 34.9 Å². The van der Waals surface area contributed by atoms with E-state index in [1.54, 1.807) is 0 Å². The number of aliphatic hydroxyl groups is 1. The number of hydrogen-bond acceptors (Lipinski definition) is 3. The molecule has 0 saturated carbocycles. The molecule has 1 aromatic carbocycles. The largest absolute Gasteiger partial charge is 0.387 e. The van der Waals surface area contributed by atoms with Gasteiger partial charge in [-0.3, -0.25) is 4.90 Å². The van der Waals surface area contributed by atoms with Gasteiger partial charge in [0.05, 0.1) is 6.10 Å². The van der Waals surface area contributed by atoms with Gasteiger partial charge in [-0.1, -0.05) is 18.2 Å². The van der Waals surface area contributed by atoms with E-state index >= 15 is 0 Å². The van der Waals surface area contributed by atoms with Crippen molar-refractivity contribution in [1.29, 1.82) is 0 Å². The highest BCUT2D eigenvalue weighted by atomic mass is 16.3. The molecule has 1 atom stereocenters. The zero-order chi connectivity index (χ0) is 14.7. The standard InChI is InChI=1S/C17H28N2O/c1-12(2)19(13(3)4)11-17(20)15-6-5-14-7-8-18-10-16(14)9-15/h5-6,9,12-13,17-18,20H,7-8,10-11H2,1-4H3. The van der Waals surface area contributed by atoms with Crippen molar-refractivity contribution in [3.8, 4) is 0 Å². The number of nitrogens with one attached hydrogen (secondary N) is 1. The van der Waals surface area contributed by atoms with E-state index in [4.69, 9.17) is 0 Å². The van der Waals surface area contributed by atoms with E-state index < -0.39 is 6.10 Å². The molecule has 1 aliphatic heterocycles. The quantitative estimate of drug-likeness (QED) is 0.867. The topological polar surface area (TPSA) is 35.5 Å². The summed E-state index contributed by atoms with van der Waals surface area (Å²) in [7, 11) is 0. The molecule has 0 amide bonds. The van der Waals surface area contributed by atoms with Gasteiger partial charge in [-0.05, 0) is 57.4 Å². The maximum absolute atomic E-state index is 10.5. The molecule has 3 heteroatoms. The smallest absolute Gasteiger partial charge is 0.0917 e. The summed E-state index contributed by atoms with van der Waals surface area (Å²) in [6, 6.07) is 7.34. The lowest BCUT2D eigenvalue weighted by atomic mass is 9.96. The molecule has 0 bridgehead atoms. The van der Waals surface area contributed by atoms with Crippen LogP contribution in [0.5, 0.6) is 0 Å². The predicted octanol–water partition coefficient (Wildman–Crippen LogP) is 2.48. The lowest BCUT2D eigenvalue weighted by Crippen LogP contribution is -2.40. The average molecular weight is 276 g/mol. The molecule has 1 heterocycles. The monoisotopic (exact) mass is 276 g/mol. The number of fused-ring (bicyclic) bond motifs is 1. The van der Waals surface area contributed by atoms with Crippen molar-refractivity contribution in [1.82, 2.24) is 10.2 Å². The Balaban J connectivity index is 2.10. The first-order valence-corrected chi connectivity index (χ1v) is 7.75. The van der Waals surface area contributed by atoms with Gasteiger partial charge in [0.15, 0.2) is 0 Å². The molecule has 2 N–H and O–H groups in total. The lowest BCUT2D eigenvalue weighted by Gasteiger charge is -2.32. The number of benzene rings is 1. The van der Waals surface area contributed by atoms with E-state index in [0.717, 1.165) is 25.1 Å². The highest BCUT2D eigenvalue weighted by Crippen LogP contribution is 2.22. The second kappa shape index (κ2) is 6.70. The van der Waals surface area contributed by atoms with Crippen molar-refractivity contribution in [2.75, 3.05) is 13.1 Å². The first-order chi connectivity index (χ1) is 9.49. The molecule has 1 aromatic rings. The molecule has 20 heavy (non-hydrogen) atoms. The Labute approximate surface area is 123 Å². The van der Waals surface area contributed by atoms with Crippen LogP contribution in [0.4, 0.5) is 0 Å². The zero-order valence-corrected chi connectivity index (χ0v) is 13.2. The molecule has 1 aliphatic rings. The number of aliphatic hydroxyl groups excluding tert-OH is 1. The minimum Gasteiger partial charge on any atom is -0.387 e. The first kappa shape index (κ1) is 15.5. The van der Waals surface area contributed by atoms with E-state index in [-0.39, 0.29) is 0 Å². The molecular formula is C17H28N2O. The van der Waals surface area contributed by atoms with Crippen LogP contribution in [0, 0.1) is 0 Å². The van der Waals surface area contributed by atoms with Gasteiger partial charge >= 0.3 is 0 Å². The van der Waals surface area contributed by atoms with Gasteiger partial charge < -0.3 is 10.4 Å².